The molecule has 0 spiro atoms. The molecule has 0 aliphatic heterocycles. The van der Waals surface area contributed by atoms with Gasteiger partial charge in [-0.25, -0.2) is 4.79 Å². The molecule has 0 saturated carbocycles. The summed E-state index contributed by atoms with van der Waals surface area (Å²) >= 11 is 1.72. The molecule has 0 heterocycles. The highest BCUT2D eigenvalue weighted by molar-refractivity contribution is 7.98. The molecule has 0 radical (unpaired) electrons. The number of carbonyl (C=O) groups is 1. The van der Waals surface area contributed by atoms with Gasteiger partial charge in [0.25, 0.3) is 0 Å². The maximum atomic E-state index is 11.3. The van der Waals surface area contributed by atoms with E-state index in [1.165, 1.54) is 0 Å². The molecule has 4 heteroatoms. The quantitative estimate of drug-likeness (QED) is 0.687. The summed E-state index contributed by atoms with van der Waals surface area (Å²) in [5.74, 6) is 3.29. The van der Waals surface area contributed by atoms with Crippen molar-refractivity contribution in [3.8, 4) is 12.3 Å². The number of hydrogen-bond acceptors (Lipinski definition) is 2. The molecule has 1 atom stereocenters. The number of terminal acetylenes is 1. The van der Waals surface area contributed by atoms with Crippen molar-refractivity contribution in [2.24, 2.45) is 0 Å². The van der Waals surface area contributed by atoms with E-state index in [1.807, 2.05) is 13.2 Å². The van der Waals surface area contributed by atoms with Crippen molar-refractivity contribution in [2.75, 3.05) is 25.6 Å². The Labute approximate surface area is 84.3 Å². The minimum absolute atomic E-state index is 0.112. The number of nitrogens with one attached hydrogen (secondary N) is 1. The summed E-state index contributed by atoms with van der Waals surface area (Å²) in [6.45, 7) is 2.29. The van der Waals surface area contributed by atoms with Gasteiger partial charge in [-0.2, -0.15) is 11.8 Å². The standard InChI is InChI=1S/C9H16N2OS/c1-5-6-10-9(12)11(3)8(2)7-13-4/h1,8H,6-7H2,2-4H3,(H,10,12). The Balaban J connectivity index is 3.87. The van der Waals surface area contributed by atoms with Crippen LogP contribution >= 0.6 is 11.8 Å². The molecule has 13 heavy (non-hydrogen) atoms. The minimum Gasteiger partial charge on any atom is -0.327 e. The van der Waals surface area contributed by atoms with Gasteiger partial charge in [-0.05, 0) is 13.2 Å². The monoisotopic (exact) mass is 200 g/mol. The van der Waals surface area contributed by atoms with Crippen LogP contribution in [0.2, 0.25) is 0 Å². The predicted molar refractivity (Wildman–Crippen MR) is 57.8 cm³/mol. The second-order valence-electron chi connectivity index (χ2n) is 2.78. The Kier molecular flexibility index (Phi) is 6.25. The number of rotatable bonds is 4. The molecule has 0 aliphatic rings. The zero-order chi connectivity index (χ0) is 10.3. The average Bonchev–Trinajstić information content (AvgIpc) is 2.13. The van der Waals surface area contributed by atoms with Gasteiger partial charge < -0.3 is 10.2 Å². The molecule has 0 aliphatic carbocycles. The van der Waals surface area contributed by atoms with E-state index in [1.54, 1.807) is 23.7 Å². The van der Waals surface area contributed by atoms with Crippen LogP contribution < -0.4 is 5.32 Å². The van der Waals surface area contributed by atoms with Crippen molar-refractivity contribution in [1.29, 1.82) is 0 Å². The second-order valence-corrected chi connectivity index (χ2v) is 3.69. The summed E-state index contributed by atoms with van der Waals surface area (Å²) < 4.78 is 0. The molecule has 2 amide bonds. The first-order valence-corrected chi connectivity index (χ1v) is 5.46. The summed E-state index contributed by atoms with van der Waals surface area (Å²) in [6.07, 6.45) is 7.04. The van der Waals surface area contributed by atoms with Crippen LogP contribution in [0, 0.1) is 12.3 Å². The first-order chi connectivity index (χ1) is 6.13. The van der Waals surface area contributed by atoms with Gasteiger partial charge in [0.2, 0.25) is 0 Å². The third-order valence-electron chi connectivity index (χ3n) is 1.73. The highest BCUT2D eigenvalue weighted by atomic mass is 32.2. The van der Waals surface area contributed by atoms with E-state index in [9.17, 15) is 4.79 Å². The Morgan fingerprint density at radius 3 is 2.85 bits per heavy atom. The molecule has 74 valence electrons. The third kappa shape index (κ3) is 4.69. The zero-order valence-electron chi connectivity index (χ0n) is 8.33. The van der Waals surface area contributed by atoms with Crippen molar-refractivity contribution >= 4 is 17.8 Å². The fourth-order valence-corrected chi connectivity index (χ4v) is 1.51. The van der Waals surface area contributed by atoms with E-state index in [2.05, 4.69) is 11.2 Å². The number of urea groups is 1. The molecular formula is C9H16N2OS. The maximum Gasteiger partial charge on any atom is 0.318 e. The van der Waals surface area contributed by atoms with Gasteiger partial charge in [0.05, 0.1) is 6.54 Å². The summed E-state index contributed by atoms with van der Waals surface area (Å²) in [7, 11) is 1.77. The number of nitrogens with zero attached hydrogens (tertiary/aromatic N) is 1. The van der Waals surface area contributed by atoms with Crippen molar-refractivity contribution in [2.45, 2.75) is 13.0 Å². The number of hydrogen-bond donors (Lipinski definition) is 1. The van der Waals surface area contributed by atoms with E-state index in [-0.39, 0.29) is 18.6 Å². The van der Waals surface area contributed by atoms with Crippen molar-refractivity contribution < 1.29 is 4.79 Å². The van der Waals surface area contributed by atoms with Crippen molar-refractivity contribution in [3.63, 3.8) is 0 Å². The molecule has 0 fully saturated rings. The lowest BCUT2D eigenvalue weighted by molar-refractivity contribution is 0.200. The Bertz CT molecular complexity index is 200. The van der Waals surface area contributed by atoms with Gasteiger partial charge in [0.15, 0.2) is 0 Å². The van der Waals surface area contributed by atoms with E-state index in [0.29, 0.717) is 0 Å². The van der Waals surface area contributed by atoms with E-state index >= 15 is 0 Å². The molecular weight excluding hydrogens is 184 g/mol. The molecule has 0 rings (SSSR count). The van der Waals surface area contributed by atoms with Gasteiger partial charge in [-0.3, -0.25) is 0 Å². The smallest absolute Gasteiger partial charge is 0.318 e. The molecule has 0 aromatic carbocycles. The van der Waals surface area contributed by atoms with Crippen LogP contribution in [0.3, 0.4) is 0 Å². The highest BCUT2D eigenvalue weighted by Crippen LogP contribution is 2.03. The van der Waals surface area contributed by atoms with Crippen LogP contribution in [-0.4, -0.2) is 42.6 Å². The first-order valence-electron chi connectivity index (χ1n) is 4.06. The Morgan fingerprint density at radius 1 is 1.77 bits per heavy atom. The Hall–Kier alpha value is -0.820. The molecule has 1 N–H and O–H groups in total. The van der Waals surface area contributed by atoms with Crippen LogP contribution in [0.4, 0.5) is 4.79 Å². The highest BCUT2D eigenvalue weighted by Gasteiger charge is 2.13. The fraction of sp³-hybridized carbons (Fsp3) is 0.667. The maximum absolute atomic E-state index is 11.3. The summed E-state index contributed by atoms with van der Waals surface area (Å²) in [5.41, 5.74) is 0. The van der Waals surface area contributed by atoms with Gasteiger partial charge >= 0.3 is 6.03 Å². The SMILES string of the molecule is C#CCNC(=O)N(C)C(C)CSC. The molecule has 0 aromatic rings. The number of carbonyl (C=O) groups excluding carboxylic acids is 1. The molecule has 1 unspecified atom stereocenters. The van der Waals surface area contributed by atoms with Crippen molar-refractivity contribution in [1.82, 2.24) is 10.2 Å². The van der Waals surface area contributed by atoms with Gasteiger partial charge in [0.1, 0.15) is 0 Å². The number of thioether (sulfide) groups is 1. The number of amides is 2. The summed E-state index contributed by atoms with van der Waals surface area (Å²) in [4.78, 5) is 13.0. The molecule has 0 bridgehead atoms. The minimum atomic E-state index is -0.112. The fourth-order valence-electron chi connectivity index (χ4n) is 0.805. The van der Waals surface area contributed by atoms with E-state index in [4.69, 9.17) is 6.42 Å². The zero-order valence-corrected chi connectivity index (χ0v) is 9.15. The Morgan fingerprint density at radius 2 is 2.38 bits per heavy atom. The normalized spacial score (nSPS) is 11.5. The van der Waals surface area contributed by atoms with Crippen LogP contribution in [0.15, 0.2) is 0 Å². The second kappa shape index (κ2) is 6.67. The molecule has 0 saturated heterocycles. The lowest BCUT2D eigenvalue weighted by atomic mass is 10.3. The van der Waals surface area contributed by atoms with Crippen LogP contribution in [0.5, 0.6) is 0 Å². The van der Waals surface area contributed by atoms with Gasteiger partial charge in [-0.15, -0.1) is 6.42 Å². The van der Waals surface area contributed by atoms with Crippen LogP contribution in [0.25, 0.3) is 0 Å². The third-order valence-corrected chi connectivity index (χ3v) is 2.55. The largest absolute Gasteiger partial charge is 0.327 e. The molecule has 3 nitrogen and oxygen atoms in total. The molecule has 0 aromatic heterocycles. The first kappa shape index (κ1) is 12.2. The lowest BCUT2D eigenvalue weighted by Gasteiger charge is -2.24. The lowest BCUT2D eigenvalue weighted by Crippen LogP contribution is -2.43. The van der Waals surface area contributed by atoms with E-state index < -0.39 is 0 Å². The summed E-state index contributed by atoms with van der Waals surface area (Å²) in [6, 6.07) is 0.118. The average molecular weight is 200 g/mol. The van der Waals surface area contributed by atoms with Crippen LogP contribution in [0.1, 0.15) is 6.92 Å². The van der Waals surface area contributed by atoms with Gasteiger partial charge in [-0.1, -0.05) is 5.92 Å². The predicted octanol–water partition coefficient (Wildman–Crippen LogP) is 1.01. The van der Waals surface area contributed by atoms with E-state index in [0.717, 1.165) is 5.75 Å². The van der Waals surface area contributed by atoms with Gasteiger partial charge in [0, 0.05) is 18.8 Å². The topological polar surface area (TPSA) is 32.3 Å². The van der Waals surface area contributed by atoms with Crippen LogP contribution in [-0.2, 0) is 0 Å². The summed E-state index contributed by atoms with van der Waals surface area (Å²) in [5, 5.41) is 2.61. The van der Waals surface area contributed by atoms with Crippen molar-refractivity contribution in [3.05, 3.63) is 0 Å².